The van der Waals surface area contributed by atoms with E-state index in [2.05, 4.69) is 5.10 Å². The van der Waals surface area contributed by atoms with Crippen LogP contribution in [-0.4, -0.2) is 21.3 Å². The van der Waals surface area contributed by atoms with Gasteiger partial charge in [0.15, 0.2) is 0 Å². The molecule has 140 valence electrons. The number of nitro benzene ring substituents is 1. The van der Waals surface area contributed by atoms with E-state index in [9.17, 15) is 10.1 Å². The van der Waals surface area contributed by atoms with Gasteiger partial charge in [-0.2, -0.15) is 5.10 Å². The van der Waals surface area contributed by atoms with Crippen LogP contribution in [0.3, 0.4) is 0 Å². The van der Waals surface area contributed by atoms with Crippen molar-refractivity contribution in [2.45, 2.75) is 12.8 Å². The lowest BCUT2D eigenvalue weighted by Crippen LogP contribution is -2.23. The zero-order valence-corrected chi connectivity index (χ0v) is 15.5. The summed E-state index contributed by atoms with van der Waals surface area (Å²) in [7, 11) is 0. The second-order valence-electron chi connectivity index (χ2n) is 6.71. The van der Waals surface area contributed by atoms with Gasteiger partial charge in [-0.05, 0) is 31.2 Å². The highest BCUT2D eigenvalue weighted by Crippen LogP contribution is 2.49. The quantitative estimate of drug-likeness (QED) is 0.470. The van der Waals surface area contributed by atoms with Crippen LogP contribution < -0.4 is 9.47 Å². The Hall–Kier alpha value is -3.32. The molecule has 0 fully saturated rings. The Morgan fingerprint density at radius 1 is 1.29 bits per heavy atom. The predicted octanol–water partition coefficient (Wildman–Crippen LogP) is 4.54. The third-order valence-corrected chi connectivity index (χ3v) is 5.24. The Labute approximate surface area is 164 Å². The third-order valence-electron chi connectivity index (χ3n) is 5.01. The van der Waals surface area contributed by atoms with Gasteiger partial charge in [0.25, 0.3) is 5.69 Å². The molecular weight excluding hydrogens is 382 g/mol. The largest absolute Gasteiger partial charge is 0.489 e. The average Bonchev–Trinajstić information content (AvgIpc) is 3.04. The van der Waals surface area contributed by atoms with E-state index in [0.717, 1.165) is 28.1 Å². The molecule has 0 amide bonds. The molecule has 2 aliphatic heterocycles. The van der Waals surface area contributed by atoms with Gasteiger partial charge in [0.1, 0.15) is 12.4 Å². The van der Waals surface area contributed by atoms with E-state index in [1.54, 1.807) is 35.2 Å². The minimum atomic E-state index is -0.402. The van der Waals surface area contributed by atoms with Crippen molar-refractivity contribution in [1.82, 2.24) is 9.78 Å². The second-order valence-corrected chi connectivity index (χ2v) is 7.14. The van der Waals surface area contributed by atoms with Crippen LogP contribution in [0.4, 0.5) is 5.69 Å². The fourth-order valence-electron chi connectivity index (χ4n) is 3.77. The van der Waals surface area contributed by atoms with Gasteiger partial charge in [-0.1, -0.05) is 17.7 Å². The van der Waals surface area contributed by atoms with Crippen LogP contribution in [0.1, 0.15) is 22.7 Å². The van der Waals surface area contributed by atoms with E-state index >= 15 is 0 Å². The van der Waals surface area contributed by atoms with E-state index in [4.69, 9.17) is 21.1 Å². The molecule has 28 heavy (non-hydrogen) atoms. The molecule has 3 aromatic rings. The van der Waals surface area contributed by atoms with Crippen LogP contribution in [0.15, 0.2) is 54.3 Å². The molecule has 1 atom stereocenters. The summed E-state index contributed by atoms with van der Waals surface area (Å²) in [6.07, 6.45) is 1.65. The number of aromatic nitrogens is 2. The summed E-state index contributed by atoms with van der Waals surface area (Å²) in [6, 6.07) is 12.0. The maximum Gasteiger partial charge on any atom is 0.270 e. The summed E-state index contributed by atoms with van der Waals surface area (Å²) in [5.74, 6) is 1.00. The van der Waals surface area contributed by atoms with Gasteiger partial charge in [0, 0.05) is 39.8 Å². The molecule has 0 bridgehead atoms. The first-order valence-corrected chi connectivity index (χ1v) is 9.03. The first-order valence-electron chi connectivity index (χ1n) is 8.65. The first kappa shape index (κ1) is 16.8. The van der Waals surface area contributed by atoms with Crippen molar-refractivity contribution in [3.63, 3.8) is 0 Å². The molecule has 0 aliphatic carbocycles. The summed E-state index contributed by atoms with van der Waals surface area (Å²) in [5, 5.41) is 16.5. The van der Waals surface area contributed by atoms with Crippen molar-refractivity contribution in [1.29, 1.82) is 0 Å². The van der Waals surface area contributed by atoms with Gasteiger partial charge in [0.2, 0.25) is 5.88 Å². The van der Waals surface area contributed by atoms with E-state index in [0.29, 0.717) is 23.3 Å². The Bertz CT molecular complexity index is 1170. The third kappa shape index (κ3) is 2.47. The average molecular weight is 396 g/mol. The number of nitrogens with zero attached hydrogens (tertiary/aromatic N) is 3. The second kappa shape index (κ2) is 6.10. The van der Waals surface area contributed by atoms with Crippen LogP contribution in [0.5, 0.6) is 11.6 Å². The van der Waals surface area contributed by atoms with Gasteiger partial charge in [-0.15, -0.1) is 0 Å². The molecule has 0 saturated heterocycles. The van der Waals surface area contributed by atoms with Gasteiger partial charge in [0.05, 0.1) is 22.6 Å². The minimum Gasteiger partial charge on any atom is -0.489 e. The first-order chi connectivity index (χ1) is 13.5. The van der Waals surface area contributed by atoms with E-state index in [1.807, 2.05) is 19.1 Å². The molecule has 7 nitrogen and oxygen atoms in total. The smallest absolute Gasteiger partial charge is 0.270 e. The maximum absolute atomic E-state index is 11.3. The standard InChI is InChI=1S/C20H14ClN3O4/c1-11-18-19-12(9-27-17-6-5-15(24(25)26)8-16(17)19)10-28-20(18)23(22-11)14-4-2-3-13(21)7-14/h2-8,10,19H,9H2,1H3. The summed E-state index contributed by atoms with van der Waals surface area (Å²) in [5.41, 5.74) is 4.10. The molecule has 3 heterocycles. The Kier molecular flexibility index (Phi) is 3.67. The number of nitro groups is 1. The fourth-order valence-corrected chi connectivity index (χ4v) is 3.96. The van der Waals surface area contributed by atoms with Crippen LogP contribution in [0.2, 0.25) is 5.02 Å². The lowest BCUT2D eigenvalue weighted by molar-refractivity contribution is -0.385. The molecule has 1 unspecified atom stereocenters. The SMILES string of the molecule is Cc1nn(-c2cccc(Cl)c2)c2c1C1C(=CO2)COc2ccc([N+](=O)[O-])cc21. The summed E-state index contributed by atoms with van der Waals surface area (Å²) >= 11 is 6.14. The number of hydrogen-bond donors (Lipinski definition) is 0. The number of fused-ring (bicyclic) bond motifs is 5. The highest BCUT2D eigenvalue weighted by molar-refractivity contribution is 6.30. The predicted molar refractivity (Wildman–Crippen MR) is 102 cm³/mol. The monoisotopic (exact) mass is 395 g/mol. The van der Waals surface area contributed by atoms with Crippen LogP contribution in [0, 0.1) is 17.0 Å². The van der Waals surface area contributed by atoms with E-state index < -0.39 is 4.92 Å². The van der Waals surface area contributed by atoms with Gasteiger partial charge >= 0.3 is 0 Å². The molecule has 1 aromatic heterocycles. The minimum absolute atomic E-state index is 0.0246. The van der Waals surface area contributed by atoms with E-state index in [-0.39, 0.29) is 11.6 Å². The highest BCUT2D eigenvalue weighted by Gasteiger charge is 2.38. The number of rotatable bonds is 2. The summed E-state index contributed by atoms with van der Waals surface area (Å²) in [6.45, 7) is 2.26. The molecule has 0 spiro atoms. The van der Waals surface area contributed by atoms with E-state index in [1.165, 1.54) is 6.07 Å². The zero-order valence-electron chi connectivity index (χ0n) is 14.8. The number of benzene rings is 2. The lowest BCUT2D eigenvalue weighted by Gasteiger charge is -2.31. The van der Waals surface area contributed by atoms with Crippen LogP contribution in [0.25, 0.3) is 5.69 Å². The molecule has 2 aliphatic rings. The highest BCUT2D eigenvalue weighted by atomic mass is 35.5. The van der Waals surface area contributed by atoms with Crippen molar-refractivity contribution in [3.05, 3.63) is 86.3 Å². The van der Waals surface area contributed by atoms with Gasteiger partial charge in [-0.25, -0.2) is 4.68 Å². The topological polar surface area (TPSA) is 79.4 Å². The lowest BCUT2D eigenvalue weighted by atomic mass is 9.82. The number of halogens is 1. The number of ether oxygens (including phenoxy) is 2. The molecule has 0 radical (unpaired) electrons. The van der Waals surface area contributed by atoms with Gasteiger partial charge in [-0.3, -0.25) is 10.1 Å². The van der Waals surface area contributed by atoms with Crippen molar-refractivity contribution in [2.75, 3.05) is 6.61 Å². The summed E-state index contributed by atoms with van der Waals surface area (Å²) < 4.78 is 13.4. The number of non-ortho nitro benzene ring substituents is 1. The maximum atomic E-state index is 11.3. The zero-order chi connectivity index (χ0) is 19.4. The normalized spacial score (nSPS) is 16.8. The number of aryl methyl sites for hydroxylation is 1. The van der Waals surface area contributed by atoms with Crippen molar-refractivity contribution >= 4 is 17.3 Å². The van der Waals surface area contributed by atoms with Crippen molar-refractivity contribution in [3.8, 4) is 17.3 Å². The number of hydrogen-bond acceptors (Lipinski definition) is 5. The van der Waals surface area contributed by atoms with Crippen LogP contribution in [-0.2, 0) is 0 Å². The Morgan fingerprint density at radius 3 is 2.93 bits per heavy atom. The molecule has 2 aromatic carbocycles. The fraction of sp³-hybridized carbons (Fsp3) is 0.150. The van der Waals surface area contributed by atoms with Crippen molar-refractivity contribution in [2.24, 2.45) is 0 Å². The van der Waals surface area contributed by atoms with Crippen molar-refractivity contribution < 1.29 is 14.4 Å². The summed E-state index contributed by atoms with van der Waals surface area (Å²) in [4.78, 5) is 10.9. The molecule has 8 heteroatoms. The molecule has 5 rings (SSSR count). The molecule has 0 N–H and O–H groups in total. The van der Waals surface area contributed by atoms with Crippen LogP contribution >= 0.6 is 11.6 Å². The van der Waals surface area contributed by atoms with Gasteiger partial charge < -0.3 is 9.47 Å². The Balaban J connectivity index is 1.71. The Morgan fingerprint density at radius 2 is 2.14 bits per heavy atom. The molecular formula is C20H14ClN3O4. The molecule has 0 saturated carbocycles.